The Bertz CT molecular complexity index is 503. The normalized spacial score (nSPS) is 23.5. The van der Waals surface area contributed by atoms with Gasteiger partial charge in [-0.25, -0.2) is 4.39 Å². The maximum Gasteiger partial charge on any atom is 0.257 e. The fourth-order valence-corrected chi connectivity index (χ4v) is 3.99. The number of benzene rings is 1. The summed E-state index contributed by atoms with van der Waals surface area (Å²) in [5.74, 6) is 0.00683. The second kappa shape index (κ2) is 6.44. The van der Waals surface area contributed by atoms with Crippen molar-refractivity contribution in [3.8, 4) is 0 Å². The summed E-state index contributed by atoms with van der Waals surface area (Å²) >= 11 is 3.28. The Hall–Kier alpha value is -0.940. The lowest BCUT2D eigenvalue weighted by atomic mass is 9.88. The monoisotopic (exact) mass is 354 g/mol. The first-order valence-corrected chi connectivity index (χ1v) is 8.43. The zero-order valence-corrected chi connectivity index (χ0v) is 13.5. The van der Waals surface area contributed by atoms with Gasteiger partial charge in [-0.15, -0.1) is 0 Å². The highest BCUT2D eigenvalue weighted by molar-refractivity contribution is 9.10. The number of nitrogens with one attached hydrogen (secondary N) is 1. The van der Waals surface area contributed by atoms with Crippen LogP contribution in [0.1, 0.15) is 36.0 Å². The van der Waals surface area contributed by atoms with Crippen molar-refractivity contribution in [2.75, 3.05) is 19.6 Å². The number of amides is 1. The van der Waals surface area contributed by atoms with Crippen molar-refractivity contribution in [2.45, 2.75) is 31.7 Å². The van der Waals surface area contributed by atoms with Gasteiger partial charge in [-0.05, 0) is 66.2 Å². The largest absolute Gasteiger partial charge is 0.339 e. The van der Waals surface area contributed by atoms with Crippen LogP contribution in [-0.2, 0) is 0 Å². The summed E-state index contributed by atoms with van der Waals surface area (Å²) in [6, 6.07) is 5.27. The summed E-state index contributed by atoms with van der Waals surface area (Å²) in [5, 5.41) is 3.55. The van der Waals surface area contributed by atoms with E-state index in [1.54, 1.807) is 17.0 Å². The number of nitrogens with zero attached hydrogens (tertiary/aromatic N) is 1. The van der Waals surface area contributed by atoms with Crippen LogP contribution in [0.15, 0.2) is 22.7 Å². The van der Waals surface area contributed by atoms with Gasteiger partial charge in [0, 0.05) is 23.6 Å². The highest BCUT2D eigenvalue weighted by atomic mass is 79.9. The van der Waals surface area contributed by atoms with Gasteiger partial charge in [0.05, 0.1) is 5.56 Å². The molecule has 1 amide bonds. The second-order valence-corrected chi connectivity index (χ2v) is 6.78. The van der Waals surface area contributed by atoms with Crippen LogP contribution >= 0.6 is 15.9 Å². The van der Waals surface area contributed by atoms with Crippen LogP contribution in [0.4, 0.5) is 4.39 Å². The van der Waals surface area contributed by atoms with Crippen molar-refractivity contribution >= 4 is 21.8 Å². The molecule has 0 bridgehead atoms. The lowest BCUT2D eigenvalue weighted by Gasteiger charge is -2.35. The quantitative estimate of drug-likeness (QED) is 0.884. The molecule has 21 heavy (non-hydrogen) atoms. The topological polar surface area (TPSA) is 32.3 Å². The van der Waals surface area contributed by atoms with Gasteiger partial charge in [-0.2, -0.15) is 0 Å². The Labute approximate surface area is 133 Å². The van der Waals surface area contributed by atoms with Gasteiger partial charge in [0.2, 0.25) is 0 Å². The Kier molecular flexibility index (Phi) is 4.60. The molecule has 2 heterocycles. The maximum atomic E-state index is 13.9. The first-order valence-electron chi connectivity index (χ1n) is 7.63. The summed E-state index contributed by atoms with van der Waals surface area (Å²) < 4.78 is 14.4. The minimum absolute atomic E-state index is 0.162. The fourth-order valence-electron chi connectivity index (χ4n) is 3.48. The molecular formula is C16H20BrFN2O. The number of likely N-dealkylation sites (tertiary alicyclic amines) is 1. The van der Waals surface area contributed by atoms with E-state index in [-0.39, 0.29) is 11.5 Å². The Morgan fingerprint density at radius 3 is 2.67 bits per heavy atom. The third-order valence-corrected chi connectivity index (χ3v) is 5.33. The van der Waals surface area contributed by atoms with Gasteiger partial charge >= 0.3 is 0 Å². The van der Waals surface area contributed by atoms with E-state index in [1.165, 1.54) is 18.9 Å². The molecule has 1 N–H and O–H groups in total. The second-order valence-electron chi connectivity index (χ2n) is 5.93. The van der Waals surface area contributed by atoms with E-state index in [0.29, 0.717) is 16.4 Å². The lowest BCUT2D eigenvalue weighted by molar-refractivity contribution is 0.0668. The molecule has 0 radical (unpaired) electrons. The Morgan fingerprint density at radius 1 is 1.29 bits per heavy atom. The molecule has 2 aliphatic heterocycles. The average molecular weight is 355 g/mol. The van der Waals surface area contributed by atoms with E-state index < -0.39 is 5.82 Å². The highest BCUT2D eigenvalue weighted by Gasteiger charge is 2.31. The van der Waals surface area contributed by atoms with Crippen LogP contribution in [0.25, 0.3) is 0 Å². The SMILES string of the molecule is O=C(c1c(F)cccc1Br)N1CCC(C2CCCN2)CC1. The molecule has 1 atom stereocenters. The van der Waals surface area contributed by atoms with Crippen LogP contribution in [-0.4, -0.2) is 36.5 Å². The minimum Gasteiger partial charge on any atom is -0.339 e. The highest BCUT2D eigenvalue weighted by Crippen LogP contribution is 2.28. The van der Waals surface area contributed by atoms with Gasteiger partial charge in [0.15, 0.2) is 0 Å². The van der Waals surface area contributed by atoms with Crippen LogP contribution in [0.3, 0.4) is 0 Å². The zero-order valence-electron chi connectivity index (χ0n) is 11.9. The molecule has 1 unspecified atom stereocenters. The van der Waals surface area contributed by atoms with E-state index in [4.69, 9.17) is 0 Å². The lowest BCUT2D eigenvalue weighted by Crippen LogP contribution is -2.43. The number of hydrogen-bond donors (Lipinski definition) is 1. The zero-order chi connectivity index (χ0) is 14.8. The Balaban J connectivity index is 1.65. The number of halogens is 2. The van der Waals surface area contributed by atoms with Gasteiger partial charge < -0.3 is 10.2 Å². The third kappa shape index (κ3) is 3.14. The predicted octanol–water partition coefficient (Wildman–Crippen LogP) is 3.19. The first-order chi connectivity index (χ1) is 10.2. The number of piperidine rings is 1. The molecular weight excluding hydrogens is 335 g/mol. The van der Waals surface area contributed by atoms with Crippen molar-refractivity contribution in [1.82, 2.24) is 10.2 Å². The van der Waals surface area contributed by atoms with Gasteiger partial charge in [-0.3, -0.25) is 4.79 Å². The smallest absolute Gasteiger partial charge is 0.257 e. The standard InChI is InChI=1S/C16H20BrFN2O/c17-12-3-1-4-13(18)15(12)16(21)20-9-6-11(7-10-20)14-5-2-8-19-14/h1,3-4,11,14,19H,2,5-10H2. The summed E-state index contributed by atoms with van der Waals surface area (Å²) in [5.41, 5.74) is 0.162. The Morgan fingerprint density at radius 2 is 2.05 bits per heavy atom. The molecule has 0 spiro atoms. The molecule has 0 aromatic heterocycles. The van der Waals surface area contributed by atoms with Crippen molar-refractivity contribution in [3.63, 3.8) is 0 Å². The summed E-state index contributed by atoms with van der Waals surface area (Å²) in [6.45, 7) is 2.57. The average Bonchev–Trinajstić information content (AvgIpc) is 3.01. The molecule has 1 aromatic rings. The molecule has 2 saturated heterocycles. The number of carbonyl (C=O) groups is 1. The number of carbonyl (C=O) groups excluding carboxylic acids is 1. The molecule has 0 aliphatic carbocycles. The molecule has 3 nitrogen and oxygen atoms in total. The van der Waals surface area contributed by atoms with Gasteiger partial charge in [0.1, 0.15) is 5.82 Å². The maximum absolute atomic E-state index is 13.9. The van der Waals surface area contributed by atoms with Crippen LogP contribution in [0.5, 0.6) is 0 Å². The molecule has 5 heteroatoms. The van der Waals surface area contributed by atoms with Crippen molar-refractivity contribution < 1.29 is 9.18 Å². The van der Waals surface area contributed by atoms with Crippen LogP contribution in [0.2, 0.25) is 0 Å². The van der Waals surface area contributed by atoms with E-state index >= 15 is 0 Å². The molecule has 0 saturated carbocycles. The molecule has 3 rings (SSSR count). The van der Waals surface area contributed by atoms with E-state index in [9.17, 15) is 9.18 Å². The van der Waals surface area contributed by atoms with Crippen molar-refractivity contribution in [2.24, 2.45) is 5.92 Å². The van der Waals surface area contributed by atoms with E-state index in [1.807, 2.05) is 0 Å². The molecule has 2 fully saturated rings. The van der Waals surface area contributed by atoms with Crippen LogP contribution in [0, 0.1) is 11.7 Å². The van der Waals surface area contributed by atoms with Gasteiger partial charge in [-0.1, -0.05) is 6.07 Å². The first kappa shape index (κ1) is 15.0. The summed E-state index contributed by atoms with van der Waals surface area (Å²) in [7, 11) is 0. The molecule has 1 aromatic carbocycles. The van der Waals surface area contributed by atoms with E-state index in [0.717, 1.165) is 32.5 Å². The van der Waals surface area contributed by atoms with Crippen molar-refractivity contribution in [3.05, 3.63) is 34.1 Å². The third-order valence-electron chi connectivity index (χ3n) is 4.67. The molecule has 114 valence electrons. The number of hydrogen-bond acceptors (Lipinski definition) is 2. The van der Waals surface area contributed by atoms with Gasteiger partial charge in [0.25, 0.3) is 5.91 Å². The van der Waals surface area contributed by atoms with E-state index in [2.05, 4.69) is 21.2 Å². The number of rotatable bonds is 2. The predicted molar refractivity (Wildman–Crippen MR) is 83.8 cm³/mol. The minimum atomic E-state index is -0.450. The fraction of sp³-hybridized carbons (Fsp3) is 0.562. The summed E-state index contributed by atoms with van der Waals surface area (Å²) in [6.07, 6.45) is 4.52. The van der Waals surface area contributed by atoms with Crippen LogP contribution < -0.4 is 5.32 Å². The summed E-state index contributed by atoms with van der Waals surface area (Å²) in [4.78, 5) is 14.3. The van der Waals surface area contributed by atoms with Crippen molar-refractivity contribution in [1.29, 1.82) is 0 Å². The molecule has 2 aliphatic rings.